The van der Waals surface area contributed by atoms with Gasteiger partial charge in [-0.15, -0.1) is 0 Å². The number of nitrogens with zero attached hydrogens (tertiary/aromatic N) is 2. The van der Waals surface area contributed by atoms with Crippen LogP contribution in [0, 0.1) is 0 Å². The molecular formula is C36H39N3O7. The third-order valence-corrected chi connectivity index (χ3v) is 9.12. The third-order valence-electron chi connectivity index (χ3n) is 9.12. The van der Waals surface area contributed by atoms with Gasteiger partial charge >= 0.3 is 0 Å². The fraction of sp³-hybridized carbons (Fsp3) is 0.417. The van der Waals surface area contributed by atoms with Crippen molar-refractivity contribution in [3.8, 4) is 23.0 Å². The Hall–Kier alpha value is -4.57. The zero-order valence-electron chi connectivity index (χ0n) is 26.0. The molecule has 4 heterocycles. The average Bonchev–Trinajstić information content (AvgIpc) is 3.85. The molecule has 1 saturated carbocycles. The van der Waals surface area contributed by atoms with Gasteiger partial charge in [0.05, 0.1) is 39.0 Å². The maximum Gasteiger partial charge on any atom is 0.254 e. The summed E-state index contributed by atoms with van der Waals surface area (Å²) in [6, 6.07) is 18.5. The second-order valence-electron chi connectivity index (χ2n) is 12.5. The van der Waals surface area contributed by atoms with Crippen molar-refractivity contribution in [3.63, 3.8) is 0 Å². The minimum atomic E-state index is -0.446. The van der Waals surface area contributed by atoms with Crippen molar-refractivity contribution in [2.24, 2.45) is 0 Å². The Balaban J connectivity index is 1.14. The molecule has 2 fully saturated rings. The fourth-order valence-corrected chi connectivity index (χ4v) is 6.51. The minimum absolute atomic E-state index is 0.0242. The molecule has 0 spiro atoms. The SMILES string of the molecule is COc1cc2ccc1Oc1cccc(c1)CO[C@H]1CN(C(=O)c3ccc4c(c3)CCCO4)C[C@@H]1NC(=O)CN(C1CC1)C(=O)CC2. The number of hydrogen-bond donors (Lipinski definition) is 1. The number of hydrogen-bond acceptors (Lipinski definition) is 7. The lowest BCUT2D eigenvalue weighted by molar-refractivity contribution is -0.137. The Morgan fingerprint density at radius 3 is 2.65 bits per heavy atom. The second-order valence-corrected chi connectivity index (χ2v) is 12.5. The number of rotatable bonds is 3. The number of aryl methyl sites for hydroxylation is 2. The molecule has 240 valence electrons. The smallest absolute Gasteiger partial charge is 0.254 e. The van der Waals surface area contributed by atoms with Gasteiger partial charge in [0.25, 0.3) is 5.91 Å². The van der Waals surface area contributed by atoms with Crippen LogP contribution in [-0.2, 0) is 33.8 Å². The first-order chi connectivity index (χ1) is 22.4. The predicted octanol–water partition coefficient (Wildman–Crippen LogP) is 4.28. The molecule has 1 aliphatic carbocycles. The molecule has 0 aromatic heterocycles. The van der Waals surface area contributed by atoms with Crippen LogP contribution in [0.25, 0.3) is 0 Å². The fourth-order valence-electron chi connectivity index (χ4n) is 6.51. The van der Waals surface area contributed by atoms with Crippen LogP contribution in [-0.4, -0.2) is 79.1 Å². The van der Waals surface area contributed by atoms with E-state index in [-0.39, 0.29) is 43.3 Å². The van der Waals surface area contributed by atoms with Crippen LogP contribution in [0.1, 0.15) is 52.7 Å². The van der Waals surface area contributed by atoms with Gasteiger partial charge in [-0.1, -0.05) is 18.2 Å². The van der Waals surface area contributed by atoms with E-state index in [1.807, 2.05) is 54.6 Å². The molecule has 3 aromatic rings. The van der Waals surface area contributed by atoms with E-state index in [4.69, 9.17) is 18.9 Å². The second kappa shape index (κ2) is 13.0. The van der Waals surface area contributed by atoms with Crippen molar-refractivity contribution in [1.29, 1.82) is 0 Å². The summed E-state index contributed by atoms with van der Waals surface area (Å²) in [6.45, 7) is 1.55. The van der Waals surface area contributed by atoms with Gasteiger partial charge < -0.3 is 34.1 Å². The standard InChI is InChI=1S/C36H39N3O7/c1-43-32-17-23-7-12-31(32)46-28-6-2-4-24(16-28)22-45-33-20-38(36(42)26-9-13-30-25(18-26)5-3-15-44-30)19-29(33)37-34(40)21-39(27-10-11-27)35(41)14-8-23/h2,4,6-7,9,12-13,16-18,27,29,33H,3,5,8,10-11,14-15,19-22H2,1H3,(H,37,40)/t29-,33-/m0/s1. The quantitative estimate of drug-likeness (QED) is 0.463. The molecule has 10 heteroatoms. The van der Waals surface area contributed by atoms with Crippen LogP contribution in [0.4, 0.5) is 0 Å². The monoisotopic (exact) mass is 625 g/mol. The van der Waals surface area contributed by atoms with Crippen molar-refractivity contribution >= 4 is 17.7 Å². The van der Waals surface area contributed by atoms with E-state index in [1.54, 1.807) is 23.0 Å². The number of methoxy groups -OCH3 is 1. The summed E-state index contributed by atoms with van der Waals surface area (Å²) in [7, 11) is 1.59. The van der Waals surface area contributed by atoms with E-state index in [0.717, 1.165) is 48.1 Å². The van der Waals surface area contributed by atoms with E-state index in [0.29, 0.717) is 48.9 Å². The molecular weight excluding hydrogens is 586 g/mol. The number of benzene rings is 3. The molecule has 4 bridgehead atoms. The first-order valence-corrected chi connectivity index (χ1v) is 16.1. The largest absolute Gasteiger partial charge is 0.493 e. The lowest BCUT2D eigenvalue weighted by Crippen LogP contribution is -2.49. The van der Waals surface area contributed by atoms with Crippen molar-refractivity contribution < 1.29 is 33.3 Å². The Kier molecular flexibility index (Phi) is 8.53. The molecule has 4 aliphatic heterocycles. The zero-order valence-corrected chi connectivity index (χ0v) is 26.0. The number of ether oxygens (including phenoxy) is 4. The van der Waals surface area contributed by atoms with Crippen LogP contribution >= 0.6 is 0 Å². The van der Waals surface area contributed by atoms with Gasteiger partial charge in [0.1, 0.15) is 11.5 Å². The van der Waals surface area contributed by atoms with Gasteiger partial charge in [-0.25, -0.2) is 0 Å². The third kappa shape index (κ3) is 6.67. The van der Waals surface area contributed by atoms with E-state index in [9.17, 15) is 14.4 Å². The van der Waals surface area contributed by atoms with Gasteiger partial charge in [0.15, 0.2) is 11.5 Å². The molecule has 1 N–H and O–H groups in total. The lowest BCUT2D eigenvalue weighted by Gasteiger charge is -2.25. The molecule has 10 nitrogen and oxygen atoms in total. The molecule has 2 atom stereocenters. The van der Waals surface area contributed by atoms with E-state index in [2.05, 4.69) is 5.32 Å². The van der Waals surface area contributed by atoms with E-state index < -0.39 is 12.1 Å². The van der Waals surface area contributed by atoms with E-state index in [1.165, 1.54) is 0 Å². The summed E-state index contributed by atoms with van der Waals surface area (Å²) in [5, 5.41) is 3.12. The van der Waals surface area contributed by atoms with Gasteiger partial charge in [0.2, 0.25) is 11.8 Å². The highest BCUT2D eigenvalue weighted by atomic mass is 16.5. The van der Waals surface area contributed by atoms with Gasteiger partial charge in [-0.05, 0) is 91.3 Å². The molecule has 3 aromatic carbocycles. The van der Waals surface area contributed by atoms with Crippen LogP contribution < -0.4 is 19.5 Å². The highest BCUT2D eigenvalue weighted by Gasteiger charge is 2.39. The molecule has 3 amide bonds. The van der Waals surface area contributed by atoms with Crippen molar-refractivity contribution in [1.82, 2.24) is 15.1 Å². The summed E-state index contributed by atoms with van der Waals surface area (Å²) < 4.78 is 24.0. The number of fused-ring (bicyclic) bond motifs is 10. The van der Waals surface area contributed by atoms with Crippen LogP contribution in [0.3, 0.4) is 0 Å². The Morgan fingerprint density at radius 2 is 1.80 bits per heavy atom. The number of carbonyl (C=O) groups is 3. The molecule has 46 heavy (non-hydrogen) atoms. The Bertz CT molecular complexity index is 1640. The van der Waals surface area contributed by atoms with Crippen molar-refractivity contribution in [3.05, 3.63) is 82.9 Å². The van der Waals surface area contributed by atoms with Crippen molar-refractivity contribution in [2.45, 2.75) is 63.3 Å². The minimum Gasteiger partial charge on any atom is -0.493 e. The first kappa shape index (κ1) is 30.1. The van der Waals surface area contributed by atoms with Gasteiger partial charge in [-0.3, -0.25) is 14.4 Å². The maximum absolute atomic E-state index is 13.7. The molecule has 0 radical (unpaired) electrons. The molecule has 1 saturated heterocycles. The number of carbonyl (C=O) groups excluding carboxylic acids is 3. The van der Waals surface area contributed by atoms with E-state index >= 15 is 0 Å². The molecule has 8 rings (SSSR count). The highest BCUT2D eigenvalue weighted by molar-refractivity contribution is 5.95. The van der Waals surface area contributed by atoms with Gasteiger partial charge in [0, 0.05) is 31.1 Å². The summed E-state index contributed by atoms with van der Waals surface area (Å²) in [4.78, 5) is 44.0. The van der Waals surface area contributed by atoms with Crippen LogP contribution in [0.5, 0.6) is 23.0 Å². The normalized spacial score (nSPS) is 21.9. The topological polar surface area (TPSA) is 107 Å². The van der Waals surface area contributed by atoms with Gasteiger partial charge in [-0.2, -0.15) is 0 Å². The summed E-state index contributed by atoms with van der Waals surface area (Å²) in [6.07, 6.45) is 3.92. The number of nitrogens with one attached hydrogen (secondary N) is 1. The average molecular weight is 626 g/mol. The van der Waals surface area contributed by atoms with Crippen molar-refractivity contribution in [2.75, 3.05) is 33.4 Å². The van der Waals surface area contributed by atoms with Crippen LogP contribution in [0.2, 0.25) is 0 Å². The first-order valence-electron chi connectivity index (χ1n) is 16.1. The summed E-state index contributed by atoms with van der Waals surface area (Å²) in [5.74, 6) is 2.19. The number of likely N-dealkylation sites (tertiary alicyclic amines) is 1. The molecule has 5 aliphatic rings. The lowest BCUT2D eigenvalue weighted by atomic mass is 10.0. The van der Waals surface area contributed by atoms with Crippen LogP contribution in [0.15, 0.2) is 60.7 Å². The summed E-state index contributed by atoms with van der Waals surface area (Å²) >= 11 is 0. The zero-order chi connectivity index (χ0) is 31.6. The maximum atomic E-state index is 13.7. The predicted molar refractivity (Wildman–Crippen MR) is 169 cm³/mol. The Labute approximate surface area is 268 Å². The number of amides is 3. The molecule has 0 unspecified atom stereocenters. The highest BCUT2D eigenvalue weighted by Crippen LogP contribution is 2.34. The Morgan fingerprint density at radius 1 is 0.935 bits per heavy atom. The summed E-state index contributed by atoms with van der Waals surface area (Å²) in [5.41, 5.74) is 3.47.